The summed E-state index contributed by atoms with van der Waals surface area (Å²) in [7, 11) is 1.65. The summed E-state index contributed by atoms with van der Waals surface area (Å²) in [5.41, 5.74) is 0. The predicted octanol–water partition coefficient (Wildman–Crippen LogP) is 1.51. The second-order valence-corrected chi connectivity index (χ2v) is 5.45. The lowest BCUT2D eigenvalue weighted by atomic mass is 9.87. The van der Waals surface area contributed by atoms with Gasteiger partial charge in [-0.05, 0) is 45.6 Å². The van der Waals surface area contributed by atoms with E-state index in [-0.39, 0.29) is 30.9 Å². The maximum Gasteiger partial charge on any atom is 0.320 e. The van der Waals surface area contributed by atoms with Gasteiger partial charge < -0.3 is 10.4 Å². The molecule has 0 spiro atoms. The van der Waals surface area contributed by atoms with Crippen LogP contribution in [0.3, 0.4) is 0 Å². The fourth-order valence-electron chi connectivity index (χ4n) is 2.23. The minimum Gasteiger partial charge on any atom is -0.480 e. The molecule has 1 fully saturated rings. The summed E-state index contributed by atoms with van der Waals surface area (Å²) >= 11 is 0. The molecule has 1 amide bonds. The lowest BCUT2D eigenvalue weighted by Gasteiger charge is -2.28. The molecule has 0 radical (unpaired) electrons. The Morgan fingerprint density at radius 2 is 1.84 bits per heavy atom. The molecule has 0 bridgehead atoms. The third-order valence-electron chi connectivity index (χ3n) is 3.79. The summed E-state index contributed by atoms with van der Waals surface area (Å²) in [6.45, 7) is 3.96. The number of nitrogens with zero attached hydrogens (tertiary/aromatic N) is 1. The van der Waals surface area contributed by atoms with Gasteiger partial charge in [0, 0.05) is 6.04 Å². The first-order chi connectivity index (χ1) is 8.40. The SMILES string of the molecule is CC1CCC(NC(=O)CN(C)C(C)C(=O)O)CC1.Cl. The second-order valence-electron chi connectivity index (χ2n) is 5.45. The fourth-order valence-corrected chi connectivity index (χ4v) is 2.23. The normalized spacial score (nSPS) is 24.4. The van der Waals surface area contributed by atoms with Gasteiger partial charge in [0.25, 0.3) is 0 Å². The van der Waals surface area contributed by atoms with Crippen LogP contribution in [0.1, 0.15) is 39.5 Å². The number of carbonyl (C=O) groups is 2. The van der Waals surface area contributed by atoms with Crippen molar-refractivity contribution < 1.29 is 14.7 Å². The topological polar surface area (TPSA) is 69.6 Å². The molecule has 6 heteroatoms. The van der Waals surface area contributed by atoms with Crippen molar-refractivity contribution in [2.24, 2.45) is 5.92 Å². The monoisotopic (exact) mass is 292 g/mol. The van der Waals surface area contributed by atoms with Crippen LogP contribution in [0.15, 0.2) is 0 Å². The van der Waals surface area contributed by atoms with Crippen molar-refractivity contribution in [1.82, 2.24) is 10.2 Å². The number of carboxylic acid groups (broad SMARTS) is 1. The number of nitrogens with one attached hydrogen (secondary N) is 1. The number of hydrogen-bond acceptors (Lipinski definition) is 3. The first-order valence-corrected chi connectivity index (χ1v) is 6.62. The van der Waals surface area contributed by atoms with Crippen LogP contribution in [-0.4, -0.2) is 47.6 Å². The van der Waals surface area contributed by atoms with Crippen LogP contribution in [0.4, 0.5) is 0 Å². The van der Waals surface area contributed by atoms with E-state index in [1.807, 2.05) is 0 Å². The summed E-state index contributed by atoms with van der Waals surface area (Å²) < 4.78 is 0. The zero-order chi connectivity index (χ0) is 13.7. The predicted molar refractivity (Wildman–Crippen MR) is 76.5 cm³/mol. The van der Waals surface area contributed by atoms with E-state index in [1.165, 1.54) is 0 Å². The van der Waals surface area contributed by atoms with E-state index in [9.17, 15) is 9.59 Å². The number of rotatable bonds is 5. The average Bonchev–Trinajstić information content (AvgIpc) is 2.30. The molecule has 19 heavy (non-hydrogen) atoms. The number of halogens is 1. The third kappa shape index (κ3) is 6.25. The van der Waals surface area contributed by atoms with Crippen LogP contribution in [0.5, 0.6) is 0 Å². The Morgan fingerprint density at radius 3 is 2.32 bits per heavy atom. The molecule has 0 aromatic rings. The zero-order valence-corrected chi connectivity index (χ0v) is 12.7. The lowest BCUT2D eigenvalue weighted by molar-refractivity contribution is -0.142. The Balaban J connectivity index is 0.00000324. The van der Waals surface area contributed by atoms with Crippen molar-refractivity contribution >= 4 is 24.3 Å². The van der Waals surface area contributed by atoms with Crippen LogP contribution in [0, 0.1) is 5.92 Å². The zero-order valence-electron chi connectivity index (χ0n) is 11.9. The maximum absolute atomic E-state index is 11.8. The van der Waals surface area contributed by atoms with Gasteiger partial charge in [0.2, 0.25) is 5.91 Å². The summed E-state index contributed by atoms with van der Waals surface area (Å²) in [6.07, 6.45) is 4.38. The number of carboxylic acids is 1. The minimum atomic E-state index is -0.906. The molecular weight excluding hydrogens is 268 g/mol. The molecular formula is C13H25ClN2O3. The van der Waals surface area contributed by atoms with E-state index in [1.54, 1.807) is 18.9 Å². The van der Waals surface area contributed by atoms with Gasteiger partial charge in [-0.1, -0.05) is 6.92 Å². The van der Waals surface area contributed by atoms with Gasteiger partial charge in [-0.2, -0.15) is 0 Å². The van der Waals surface area contributed by atoms with Crippen molar-refractivity contribution in [2.75, 3.05) is 13.6 Å². The molecule has 1 atom stereocenters. The number of aliphatic carboxylic acids is 1. The summed E-state index contributed by atoms with van der Waals surface area (Å²) in [5, 5.41) is 11.8. The lowest BCUT2D eigenvalue weighted by Crippen LogP contribution is -2.46. The molecule has 0 heterocycles. The van der Waals surface area contributed by atoms with Crippen LogP contribution >= 0.6 is 12.4 Å². The van der Waals surface area contributed by atoms with Crippen molar-refractivity contribution in [1.29, 1.82) is 0 Å². The Morgan fingerprint density at radius 1 is 1.32 bits per heavy atom. The summed E-state index contributed by atoms with van der Waals surface area (Å²) in [4.78, 5) is 24.1. The van der Waals surface area contributed by atoms with Crippen molar-refractivity contribution in [3.8, 4) is 0 Å². The van der Waals surface area contributed by atoms with Crippen LogP contribution in [0.25, 0.3) is 0 Å². The van der Waals surface area contributed by atoms with Crippen LogP contribution in [0.2, 0.25) is 0 Å². The van der Waals surface area contributed by atoms with Gasteiger partial charge in [0.1, 0.15) is 6.04 Å². The third-order valence-corrected chi connectivity index (χ3v) is 3.79. The largest absolute Gasteiger partial charge is 0.480 e. The maximum atomic E-state index is 11.8. The standard InChI is InChI=1S/C13H24N2O3.ClH/c1-9-4-6-11(7-5-9)14-12(16)8-15(3)10(2)13(17)18;/h9-11H,4-8H2,1-3H3,(H,14,16)(H,17,18);1H. The molecule has 0 saturated heterocycles. The highest BCUT2D eigenvalue weighted by molar-refractivity contribution is 5.85. The van der Waals surface area contributed by atoms with E-state index in [0.29, 0.717) is 0 Å². The van der Waals surface area contributed by atoms with Gasteiger partial charge in [-0.15, -0.1) is 12.4 Å². The molecule has 2 N–H and O–H groups in total. The van der Waals surface area contributed by atoms with Crippen LogP contribution < -0.4 is 5.32 Å². The van der Waals surface area contributed by atoms with Crippen molar-refractivity contribution in [2.45, 2.75) is 51.6 Å². The molecule has 112 valence electrons. The number of carbonyl (C=O) groups excluding carboxylic acids is 1. The number of hydrogen-bond donors (Lipinski definition) is 2. The highest BCUT2D eigenvalue weighted by Gasteiger charge is 2.22. The first kappa shape index (κ1) is 18.2. The first-order valence-electron chi connectivity index (χ1n) is 6.62. The average molecular weight is 293 g/mol. The Kier molecular flexibility index (Phi) is 8.02. The van der Waals surface area contributed by atoms with Gasteiger partial charge in [0.05, 0.1) is 6.54 Å². The number of likely N-dealkylation sites (N-methyl/N-ethyl adjacent to an activating group) is 1. The highest BCUT2D eigenvalue weighted by Crippen LogP contribution is 2.23. The van der Waals surface area contributed by atoms with Gasteiger partial charge in [-0.3, -0.25) is 14.5 Å². The highest BCUT2D eigenvalue weighted by atomic mass is 35.5. The molecule has 0 aromatic heterocycles. The molecule has 5 nitrogen and oxygen atoms in total. The molecule has 1 saturated carbocycles. The summed E-state index contributed by atoms with van der Waals surface area (Å²) in [5.74, 6) is -0.227. The molecule has 0 aromatic carbocycles. The molecule has 1 unspecified atom stereocenters. The van der Waals surface area contributed by atoms with Gasteiger partial charge >= 0.3 is 5.97 Å². The van der Waals surface area contributed by atoms with Gasteiger partial charge in [-0.25, -0.2) is 0 Å². The van der Waals surface area contributed by atoms with Crippen molar-refractivity contribution in [3.05, 3.63) is 0 Å². The molecule has 1 rings (SSSR count). The Bertz CT molecular complexity index is 304. The molecule has 1 aliphatic carbocycles. The Labute approximate surface area is 121 Å². The quantitative estimate of drug-likeness (QED) is 0.806. The van der Waals surface area contributed by atoms with E-state index in [0.717, 1.165) is 31.6 Å². The molecule has 0 aliphatic heterocycles. The van der Waals surface area contributed by atoms with Gasteiger partial charge in [0.15, 0.2) is 0 Å². The van der Waals surface area contributed by atoms with E-state index < -0.39 is 12.0 Å². The Hall–Kier alpha value is -0.810. The fraction of sp³-hybridized carbons (Fsp3) is 0.846. The smallest absolute Gasteiger partial charge is 0.320 e. The van der Waals surface area contributed by atoms with E-state index in [4.69, 9.17) is 5.11 Å². The van der Waals surface area contributed by atoms with Crippen molar-refractivity contribution in [3.63, 3.8) is 0 Å². The van der Waals surface area contributed by atoms with Crippen LogP contribution in [-0.2, 0) is 9.59 Å². The minimum absolute atomic E-state index is 0. The summed E-state index contributed by atoms with van der Waals surface area (Å²) in [6, 6.07) is -0.371. The van der Waals surface area contributed by atoms with E-state index >= 15 is 0 Å². The number of amides is 1. The second kappa shape index (κ2) is 8.38. The molecule has 1 aliphatic rings. The van der Waals surface area contributed by atoms with E-state index in [2.05, 4.69) is 12.2 Å².